The maximum absolute atomic E-state index is 11.8. The van der Waals surface area contributed by atoms with E-state index in [4.69, 9.17) is 16.7 Å². The fourth-order valence-corrected chi connectivity index (χ4v) is 1.96. The van der Waals surface area contributed by atoms with Crippen molar-refractivity contribution < 1.29 is 9.90 Å². The molecule has 0 fully saturated rings. The third kappa shape index (κ3) is 2.85. The number of aromatic carboxylic acids is 1. The molecular weight excluding hydrogens is 266 g/mol. The summed E-state index contributed by atoms with van der Waals surface area (Å²) in [7, 11) is 0. The van der Waals surface area contributed by atoms with Crippen molar-refractivity contribution in [1.82, 2.24) is 4.57 Å². The molecule has 1 atom stereocenters. The van der Waals surface area contributed by atoms with Crippen LogP contribution in [0.25, 0.3) is 0 Å². The van der Waals surface area contributed by atoms with E-state index in [1.807, 2.05) is 19.1 Å². The van der Waals surface area contributed by atoms with Crippen LogP contribution in [0.5, 0.6) is 0 Å². The Bertz CT molecular complexity index is 661. The quantitative estimate of drug-likeness (QED) is 0.938. The zero-order chi connectivity index (χ0) is 14.0. The van der Waals surface area contributed by atoms with Crippen molar-refractivity contribution >= 4 is 17.6 Å². The number of nitrogens with zero attached hydrogens (tertiary/aromatic N) is 1. The van der Waals surface area contributed by atoms with E-state index in [-0.39, 0.29) is 17.2 Å². The normalized spacial score (nSPS) is 12.1. The average Bonchev–Trinajstić information content (AvgIpc) is 2.39. The number of carbonyl (C=O) groups is 1. The van der Waals surface area contributed by atoms with E-state index < -0.39 is 5.97 Å². The number of benzene rings is 1. The maximum atomic E-state index is 11.8. The van der Waals surface area contributed by atoms with Gasteiger partial charge in [-0.1, -0.05) is 23.7 Å². The zero-order valence-electron chi connectivity index (χ0n) is 10.2. The molecule has 0 radical (unpaired) electrons. The summed E-state index contributed by atoms with van der Waals surface area (Å²) in [6.45, 7) is 1.83. The Labute approximate surface area is 114 Å². The Balaban J connectivity index is 2.45. The van der Waals surface area contributed by atoms with E-state index in [9.17, 15) is 9.59 Å². The average molecular weight is 278 g/mol. The molecule has 0 amide bonds. The molecule has 1 aromatic heterocycles. The maximum Gasteiger partial charge on any atom is 0.337 e. The number of carboxylic acid groups (broad SMARTS) is 1. The molecule has 1 aromatic carbocycles. The van der Waals surface area contributed by atoms with Crippen molar-refractivity contribution in [3.8, 4) is 0 Å². The summed E-state index contributed by atoms with van der Waals surface area (Å²) in [5.41, 5.74) is 0.724. The van der Waals surface area contributed by atoms with Crippen LogP contribution in [0.4, 0.5) is 0 Å². The summed E-state index contributed by atoms with van der Waals surface area (Å²) in [5, 5.41) is 9.57. The lowest BCUT2D eigenvalue weighted by Crippen LogP contribution is -2.23. The van der Waals surface area contributed by atoms with Gasteiger partial charge in [0.05, 0.1) is 11.6 Å². The van der Waals surface area contributed by atoms with E-state index in [1.54, 1.807) is 12.1 Å². The number of aromatic nitrogens is 1. The van der Waals surface area contributed by atoms with Crippen LogP contribution in [0.3, 0.4) is 0 Å². The number of hydrogen-bond donors (Lipinski definition) is 1. The first-order chi connectivity index (χ1) is 8.99. The fourth-order valence-electron chi connectivity index (χ4n) is 1.83. The van der Waals surface area contributed by atoms with Gasteiger partial charge in [-0.3, -0.25) is 4.79 Å². The van der Waals surface area contributed by atoms with Crippen LogP contribution in [0.2, 0.25) is 5.02 Å². The summed E-state index contributed by atoms with van der Waals surface area (Å²) >= 11 is 5.81. The van der Waals surface area contributed by atoms with Crippen molar-refractivity contribution in [2.75, 3.05) is 0 Å². The molecule has 19 heavy (non-hydrogen) atoms. The molecule has 0 aliphatic carbocycles. The van der Waals surface area contributed by atoms with Gasteiger partial charge < -0.3 is 9.67 Å². The van der Waals surface area contributed by atoms with Gasteiger partial charge in [-0.05, 0) is 30.7 Å². The lowest BCUT2D eigenvalue weighted by atomic mass is 10.1. The molecule has 1 unspecified atom stereocenters. The minimum absolute atomic E-state index is 0.0837. The van der Waals surface area contributed by atoms with E-state index in [1.165, 1.54) is 22.9 Å². The van der Waals surface area contributed by atoms with Gasteiger partial charge in [0, 0.05) is 17.3 Å². The molecule has 2 rings (SSSR count). The van der Waals surface area contributed by atoms with Gasteiger partial charge >= 0.3 is 5.97 Å². The third-order valence-electron chi connectivity index (χ3n) is 2.95. The fraction of sp³-hybridized carbons (Fsp3) is 0.143. The zero-order valence-corrected chi connectivity index (χ0v) is 11.0. The van der Waals surface area contributed by atoms with E-state index in [0.717, 1.165) is 5.56 Å². The van der Waals surface area contributed by atoms with Gasteiger partial charge in [0.25, 0.3) is 5.56 Å². The molecule has 98 valence electrons. The minimum Gasteiger partial charge on any atom is -0.478 e. The molecule has 4 nitrogen and oxygen atoms in total. The summed E-state index contributed by atoms with van der Waals surface area (Å²) in [4.78, 5) is 22.8. The predicted molar refractivity (Wildman–Crippen MR) is 72.9 cm³/mol. The number of pyridine rings is 1. The van der Waals surface area contributed by atoms with Gasteiger partial charge in [-0.15, -0.1) is 0 Å². The highest BCUT2D eigenvalue weighted by Crippen LogP contribution is 2.19. The first kappa shape index (κ1) is 13.4. The summed E-state index contributed by atoms with van der Waals surface area (Å²) in [6, 6.07) is 9.40. The molecular formula is C14H12ClNO3. The topological polar surface area (TPSA) is 59.3 Å². The highest BCUT2D eigenvalue weighted by Gasteiger charge is 2.12. The van der Waals surface area contributed by atoms with Gasteiger partial charge in [-0.25, -0.2) is 4.79 Å². The Morgan fingerprint density at radius 3 is 2.42 bits per heavy atom. The molecule has 0 aliphatic rings. The first-order valence-electron chi connectivity index (χ1n) is 5.70. The van der Waals surface area contributed by atoms with Crippen molar-refractivity contribution in [2.45, 2.75) is 13.0 Å². The largest absolute Gasteiger partial charge is 0.478 e. The Kier molecular flexibility index (Phi) is 3.71. The SMILES string of the molecule is CC(c1ccc(Cl)cc1)n1cc(C(=O)O)ccc1=O. The van der Waals surface area contributed by atoms with Gasteiger partial charge in [0.15, 0.2) is 0 Å². The second kappa shape index (κ2) is 5.28. The molecule has 0 bridgehead atoms. The lowest BCUT2D eigenvalue weighted by molar-refractivity contribution is 0.0695. The number of hydrogen-bond acceptors (Lipinski definition) is 2. The van der Waals surface area contributed by atoms with E-state index >= 15 is 0 Å². The Morgan fingerprint density at radius 1 is 1.21 bits per heavy atom. The molecule has 0 saturated heterocycles. The van der Waals surface area contributed by atoms with E-state index in [2.05, 4.69) is 0 Å². The second-order valence-electron chi connectivity index (χ2n) is 4.20. The smallest absolute Gasteiger partial charge is 0.337 e. The van der Waals surface area contributed by atoms with Gasteiger partial charge in [-0.2, -0.15) is 0 Å². The van der Waals surface area contributed by atoms with Crippen LogP contribution in [-0.4, -0.2) is 15.6 Å². The van der Waals surface area contributed by atoms with Crippen LogP contribution in [0, 0.1) is 0 Å². The van der Waals surface area contributed by atoms with E-state index in [0.29, 0.717) is 5.02 Å². The third-order valence-corrected chi connectivity index (χ3v) is 3.21. The van der Waals surface area contributed by atoms with Crippen LogP contribution < -0.4 is 5.56 Å². The molecule has 5 heteroatoms. The van der Waals surface area contributed by atoms with Crippen molar-refractivity contribution in [3.63, 3.8) is 0 Å². The molecule has 1 N–H and O–H groups in total. The van der Waals surface area contributed by atoms with Crippen LogP contribution in [-0.2, 0) is 0 Å². The molecule has 0 saturated carbocycles. The monoisotopic (exact) mass is 277 g/mol. The second-order valence-corrected chi connectivity index (χ2v) is 4.63. The summed E-state index contributed by atoms with van der Waals surface area (Å²) < 4.78 is 1.40. The summed E-state index contributed by atoms with van der Waals surface area (Å²) in [6.07, 6.45) is 1.35. The van der Waals surface area contributed by atoms with Crippen LogP contribution in [0.1, 0.15) is 28.9 Å². The highest BCUT2D eigenvalue weighted by molar-refractivity contribution is 6.30. The number of rotatable bonds is 3. The van der Waals surface area contributed by atoms with Crippen molar-refractivity contribution in [1.29, 1.82) is 0 Å². The molecule has 0 spiro atoms. The number of carboxylic acids is 1. The first-order valence-corrected chi connectivity index (χ1v) is 6.08. The molecule has 1 heterocycles. The predicted octanol–water partition coefficient (Wildman–Crippen LogP) is 2.81. The Hall–Kier alpha value is -2.07. The van der Waals surface area contributed by atoms with Crippen molar-refractivity contribution in [2.24, 2.45) is 0 Å². The molecule has 2 aromatic rings. The standard InChI is InChI=1S/C14H12ClNO3/c1-9(10-2-5-12(15)6-3-10)16-8-11(14(18)19)4-7-13(16)17/h2-9H,1H3,(H,18,19). The van der Waals surface area contributed by atoms with Crippen LogP contribution >= 0.6 is 11.6 Å². The van der Waals surface area contributed by atoms with Crippen molar-refractivity contribution in [3.05, 3.63) is 69.1 Å². The summed E-state index contributed by atoms with van der Waals surface area (Å²) in [5.74, 6) is -1.06. The number of halogens is 1. The minimum atomic E-state index is -1.06. The highest BCUT2D eigenvalue weighted by atomic mass is 35.5. The Morgan fingerprint density at radius 2 is 1.84 bits per heavy atom. The van der Waals surface area contributed by atoms with Gasteiger partial charge in [0.2, 0.25) is 0 Å². The van der Waals surface area contributed by atoms with Crippen LogP contribution in [0.15, 0.2) is 47.4 Å². The van der Waals surface area contributed by atoms with Gasteiger partial charge in [0.1, 0.15) is 0 Å². The lowest BCUT2D eigenvalue weighted by Gasteiger charge is -2.16. The molecule has 0 aliphatic heterocycles.